The van der Waals surface area contributed by atoms with Crippen LogP contribution in [0.2, 0.25) is 5.15 Å². The number of amides is 1. The molecule has 1 aromatic heterocycles. The number of carbonyl (C=O) groups is 1. The summed E-state index contributed by atoms with van der Waals surface area (Å²) in [4.78, 5) is 26.4. The van der Waals surface area contributed by atoms with Crippen molar-refractivity contribution in [3.8, 4) is 5.75 Å². The maximum Gasteiger partial charge on any atom is 0.267 e. The maximum atomic E-state index is 12.3. The normalized spacial score (nSPS) is 17.5. The van der Waals surface area contributed by atoms with Gasteiger partial charge in [0.2, 0.25) is 5.91 Å². The van der Waals surface area contributed by atoms with Crippen molar-refractivity contribution in [2.75, 3.05) is 20.2 Å². The average Bonchev–Trinajstić information content (AvgIpc) is 2.65. The van der Waals surface area contributed by atoms with Crippen LogP contribution in [0.4, 0.5) is 0 Å². The number of hydrogen-bond acceptors (Lipinski definition) is 5. The van der Waals surface area contributed by atoms with E-state index in [0.29, 0.717) is 0 Å². The molecule has 0 unspecified atom stereocenters. The van der Waals surface area contributed by atoms with Crippen molar-refractivity contribution in [2.45, 2.75) is 32.0 Å². The highest BCUT2D eigenvalue weighted by molar-refractivity contribution is 6.29. The zero-order chi connectivity index (χ0) is 19.2. The zero-order valence-electron chi connectivity index (χ0n) is 15.2. The second kappa shape index (κ2) is 9.01. The Balaban J connectivity index is 1.55. The van der Waals surface area contributed by atoms with Crippen molar-refractivity contribution in [3.05, 3.63) is 57.5 Å². The standard InChI is InChI=1S/C19H23ClN4O3/c1-27-16-6-2-4-14(10-16)11-23-9-3-5-15(12-23)21-18(25)13-24-19(26)8-7-17(20)22-24/h2,4,6-8,10,15H,3,5,9,11-13H2,1H3,(H,21,25)/t15-/m0/s1. The number of rotatable bonds is 6. The van der Waals surface area contributed by atoms with E-state index in [1.54, 1.807) is 7.11 Å². The van der Waals surface area contributed by atoms with Gasteiger partial charge in [-0.15, -0.1) is 0 Å². The van der Waals surface area contributed by atoms with Crippen molar-refractivity contribution in [1.82, 2.24) is 20.0 Å². The molecule has 3 rings (SSSR count). The molecule has 0 spiro atoms. The Hall–Kier alpha value is -2.38. The minimum absolute atomic E-state index is 0.0479. The molecule has 8 heteroatoms. The first kappa shape index (κ1) is 19.4. The van der Waals surface area contributed by atoms with Crippen LogP contribution in [0.5, 0.6) is 5.75 Å². The van der Waals surface area contributed by atoms with Crippen LogP contribution in [0, 0.1) is 0 Å². The number of nitrogens with one attached hydrogen (secondary N) is 1. The minimum atomic E-state index is -0.349. The topological polar surface area (TPSA) is 76.5 Å². The summed E-state index contributed by atoms with van der Waals surface area (Å²) < 4.78 is 6.35. The number of methoxy groups -OCH3 is 1. The van der Waals surface area contributed by atoms with Gasteiger partial charge in [0.25, 0.3) is 5.56 Å². The Morgan fingerprint density at radius 3 is 3.04 bits per heavy atom. The molecule has 1 fully saturated rings. The number of ether oxygens (including phenoxy) is 1. The molecular weight excluding hydrogens is 368 g/mol. The Bertz CT molecular complexity index is 855. The third kappa shape index (κ3) is 5.55. The number of benzene rings is 1. The molecule has 0 bridgehead atoms. The van der Waals surface area contributed by atoms with Crippen molar-refractivity contribution in [1.29, 1.82) is 0 Å². The van der Waals surface area contributed by atoms with Crippen molar-refractivity contribution in [3.63, 3.8) is 0 Å². The molecule has 144 valence electrons. The minimum Gasteiger partial charge on any atom is -0.497 e. The number of nitrogens with zero attached hydrogens (tertiary/aromatic N) is 3. The fraction of sp³-hybridized carbons (Fsp3) is 0.421. The molecule has 0 radical (unpaired) electrons. The summed E-state index contributed by atoms with van der Waals surface area (Å²) in [6, 6.07) is 10.8. The van der Waals surface area contributed by atoms with E-state index in [9.17, 15) is 9.59 Å². The highest BCUT2D eigenvalue weighted by Crippen LogP contribution is 2.17. The molecule has 1 aromatic carbocycles. The van der Waals surface area contributed by atoms with E-state index >= 15 is 0 Å². The number of piperidine rings is 1. The number of halogens is 1. The lowest BCUT2D eigenvalue weighted by atomic mass is 10.0. The van der Waals surface area contributed by atoms with Crippen LogP contribution in [0.3, 0.4) is 0 Å². The van der Waals surface area contributed by atoms with Crippen LogP contribution in [-0.4, -0.2) is 46.8 Å². The van der Waals surface area contributed by atoms with Crippen molar-refractivity contribution < 1.29 is 9.53 Å². The molecule has 1 atom stereocenters. The molecule has 1 saturated heterocycles. The van der Waals surface area contributed by atoms with Gasteiger partial charge in [-0.2, -0.15) is 5.10 Å². The molecule has 7 nitrogen and oxygen atoms in total. The maximum absolute atomic E-state index is 12.3. The van der Waals surface area contributed by atoms with Gasteiger partial charge in [0.1, 0.15) is 17.4 Å². The average molecular weight is 391 g/mol. The third-order valence-electron chi connectivity index (χ3n) is 4.54. The van der Waals surface area contributed by atoms with Crippen molar-refractivity contribution in [2.24, 2.45) is 0 Å². The second-order valence-electron chi connectivity index (χ2n) is 6.65. The van der Waals surface area contributed by atoms with Gasteiger partial charge in [0, 0.05) is 25.2 Å². The van der Waals surface area contributed by atoms with Crippen LogP contribution in [-0.2, 0) is 17.9 Å². The van der Waals surface area contributed by atoms with Gasteiger partial charge >= 0.3 is 0 Å². The molecule has 0 aliphatic carbocycles. The number of hydrogen-bond donors (Lipinski definition) is 1. The van der Waals surface area contributed by atoms with E-state index in [4.69, 9.17) is 16.3 Å². The quantitative estimate of drug-likeness (QED) is 0.812. The van der Waals surface area contributed by atoms with E-state index in [1.165, 1.54) is 17.7 Å². The van der Waals surface area contributed by atoms with Gasteiger partial charge in [-0.3, -0.25) is 14.5 Å². The van der Waals surface area contributed by atoms with Gasteiger partial charge in [0.15, 0.2) is 0 Å². The van der Waals surface area contributed by atoms with E-state index in [2.05, 4.69) is 21.4 Å². The zero-order valence-corrected chi connectivity index (χ0v) is 16.0. The van der Waals surface area contributed by atoms with Gasteiger partial charge in [-0.1, -0.05) is 23.7 Å². The van der Waals surface area contributed by atoms with Crippen LogP contribution < -0.4 is 15.6 Å². The summed E-state index contributed by atoms with van der Waals surface area (Å²) >= 11 is 5.79. The molecule has 0 saturated carbocycles. The molecule has 1 aliphatic heterocycles. The highest BCUT2D eigenvalue weighted by atomic mass is 35.5. The van der Waals surface area contributed by atoms with Gasteiger partial charge in [-0.05, 0) is 43.1 Å². The lowest BCUT2D eigenvalue weighted by Crippen LogP contribution is -2.48. The summed E-state index contributed by atoms with van der Waals surface area (Å²) in [5.41, 5.74) is 0.828. The highest BCUT2D eigenvalue weighted by Gasteiger charge is 2.22. The van der Waals surface area contributed by atoms with Crippen LogP contribution >= 0.6 is 11.6 Å². The lowest BCUT2D eigenvalue weighted by Gasteiger charge is -2.33. The Kier molecular flexibility index (Phi) is 6.47. The first-order valence-corrected chi connectivity index (χ1v) is 9.29. The predicted molar refractivity (Wildman–Crippen MR) is 103 cm³/mol. The number of carbonyl (C=O) groups excluding carboxylic acids is 1. The fourth-order valence-electron chi connectivity index (χ4n) is 3.29. The summed E-state index contributed by atoms with van der Waals surface area (Å²) in [5.74, 6) is 0.605. The van der Waals surface area contributed by atoms with E-state index in [1.807, 2.05) is 18.2 Å². The first-order valence-electron chi connectivity index (χ1n) is 8.92. The van der Waals surface area contributed by atoms with Crippen molar-refractivity contribution >= 4 is 17.5 Å². The SMILES string of the molecule is COc1cccc(CN2CCC[C@H](NC(=O)Cn3nc(Cl)ccc3=O)C2)c1. The monoisotopic (exact) mass is 390 g/mol. The fourth-order valence-corrected chi connectivity index (χ4v) is 3.45. The van der Waals surface area contributed by atoms with E-state index in [0.717, 1.165) is 42.9 Å². The third-order valence-corrected chi connectivity index (χ3v) is 4.74. The Morgan fingerprint density at radius 1 is 1.37 bits per heavy atom. The molecular formula is C19H23ClN4O3. The summed E-state index contributed by atoms with van der Waals surface area (Å²) in [7, 11) is 1.66. The summed E-state index contributed by atoms with van der Waals surface area (Å²) in [5, 5.41) is 7.07. The lowest BCUT2D eigenvalue weighted by molar-refractivity contribution is -0.123. The van der Waals surface area contributed by atoms with Crippen LogP contribution in [0.25, 0.3) is 0 Å². The molecule has 1 N–H and O–H groups in total. The summed E-state index contributed by atoms with van der Waals surface area (Å²) in [6.07, 6.45) is 1.92. The Morgan fingerprint density at radius 2 is 2.22 bits per heavy atom. The largest absolute Gasteiger partial charge is 0.497 e. The van der Waals surface area contributed by atoms with Gasteiger partial charge in [0.05, 0.1) is 7.11 Å². The molecule has 1 aliphatic rings. The summed E-state index contributed by atoms with van der Waals surface area (Å²) in [6.45, 7) is 2.42. The smallest absolute Gasteiger partial charge is 0.267 e. The number of aromatic nitrogens is 2. The first-order chi connectivity index (χ1) is 13.0. The van der Waals surface area contributed by atoms with Crippen LogP contribution in [0.1, 0.15) is 18.4 Å². The molecule has 27 heavy (non-hydrogen) atoms. The molecule has 1 amide bonds. The van der Waals surface area contributed by atoms with Crippen LogP contribution in [0.15, 0.2) is 41.2 Å². The number of likely N-dealkylation sites (tertiary alicyclic amines) is 1. The molecule has 2 aromatic rings. The van der Waals surface area contributed by atoms with E-state index in [-0.39, 0.29) is 29.2 Å². The second-order valence-corrected chi connectivity index (χ2v) is 7.03. The molecule has 2 heterocycles. The Labute approximate surface area is 162 Å². The van der Waals surface area contributed by atoms with E-state index < -0.39 is 0 Å². The van der Waals surface area contributed by atoms with Gasteiger partial charge < -0.3 is 10.1 Å². The van der Waals surface area contributed by atoms with Gasteiger partial charge in [-0.25, -0.2) is 4.68 Å². The predicted octanol–water partition coefficient (Wildman–Crippen LogP) is 1.69.